The van der Waals surface area contributed by atoms with Crippen molar-refractivity contribution in [2.45, 2.75) is 32.2 Å². The number of ether oxygens (including phenoxy) is 3. The van der Waals surface area contributed by atoms with Gasteiger partial charge in [-0.15, -0.1) is 0 Å². The maximum absolute atomic E-state index is 5.65. The van der Waals surface area contributed by atoms with Crippen molar-refractivity contribution in [2.75, 3.05) is 21.3 Å². The largest absolute Gasteiger partial charge is 0.496 e. The zero-order valence-corrected chi connectivity index (χ0v) is 12.2. The molecule has 0 amide bonds. The summed E-state index contributed by atoms with van der Waals surface area (Å²) in [4.78, 5) is 0. The lowest BCUT2D eigenvalue weighted by Crippen LogP contribution is -2.28. The molecule has 3 N–H and O–H groups in total. The summed E-state index contributed by atoms with van der Waals surface area (Å²) in [6.45, 7) is 2.15. The van der Waals surface area contributed by atoms with Gasteiger partial charge >= 0.3 is 0 Å². The summed E-state index contributed by atoms with van der Waals surface area (Å²) in [5.41, 5.74) is 3.82. The van der Waals surface area contributed by atoms with Gasteiger partial charge in [-0.3, -0.25) is 11.3 Å². The Hall–Kier alpha value is -1.46. The van der Waals surface area contributed by atoms with Crippen LogP contribution >= 0.6 is 0 Å². The lowest BCUT2D eigenvalue weighted by molar-refractivity contribution is 0.344. The predicted octanol–water partition coefficient (Wildman–Crippen LogP) is 2.41. The fraction of sp³-hybridized carbons (Fsp3) is 0.571. The molecule has 0 heterocycles. The second kappa shape index (κ2) is 7.86. The Morgan fingerprint density at radius 3 is 2.11 bits per heavy atom. The van der Waals surface area contributed by atoms with Gasteiger partial charge < -0.3 is 14.2 Å². The summed E-state index contributed by atoms with van der Waals surface area (Å²) in [6.07, 6.45) is 3.15. The zero-order chi connectivity index (χ0) is 14.3. The number of nitrogens with one attached hydrogen (secondary N) is 1. The maximum Gasteiger partial charge on any atom is 0.164 e. The minimum atomic E-state index is 0.0368. The van der Waals surface area contributed by atoms with Gasteiger partial charge in [0.15, 0.2) is 11.5 Å². The third kappa shape index (κ3) is 3.75. The lowest BCUT2D eigenvalue weighted by Gasteiger charge is -2.21. The van der Waals surface area contributed by atoms with Gasteiger partial charge in [-0.25, -0.2) is 0 Å². The first-order valence-electron chi connectivity index (χ1n) is 6.47. The molecule has 5 nitrogen and oxygen atoms in total. The summed E-state index contributed by atoms with van der Waals surface area (Å²) in [7, 11) is 4.86. The second-order valence-corrected chi connectivity index (χ2v) is 4.31. The highest BCUT2D eigenvalue weighted by Crippen LogP contribution is 2.38. The highest BCUT2D eigenvalue weighted by atomic mass is 16.5. The number of nitrogens with two attached hydrogens (primary N) is 1. The maximum atomic E-state index is 5.65. The number of hydrogen-bond donors (Lipinski definition) is 2. The van der Waals surface area contributed by atoms with Gasteiger partial charge in [-0.1, -0.05) is 19.8 Å². The molecule has 0 aliphatic heterocycles. The van der Waals surface area contributed by atoms with Crippen LogP contribution < -0.4 is 25.5 Å². The fourth-order valence-corrected chi connectivity index (χ4v) is 2.06. The molecule has 0 aromatic heterocycles. The standard InChI is InChI=1S/C14H24N2O3/c1-5-6-7-11(16-15)10-8-13(18-3)14(19-4)9-12(10)17-2/h8-9,11,16H,5-7,15H2,1-4H3. The molecule has 0 aliphatic carbocycles. The Bertz CT molecular complexity index is 397. The Balaban J connectivity index is 3.15. The predicted molar refractivity (Wildman–Crippen MR) is 75.7 cm³/mol. The van der Waals surface area contributed by atoms with E-state index in [1.165, 1.54) is 0 Å². The van der Waals surface area contributed by atoms with E-state index in [4.69, 9.17) is 20.1 Å². The fourth-order valence-electron chi connectivity index (χ4n) is 2.06. The molecule has 0 spiro atoms. The molecule has 0 saturated heterocycles. The van der Waals surface area contributed by atoms with Gasteiger partial charge in [0, 0.05) is 17.7 Å². The first-order valence-corrected chi connectivity index (χ1v) is 6.47. The van der Waals surface area contributed by atoms with Crippen LogP contribution in [0.4, 0.5) is 0 Å². The molecule has 0 fully saturated rings. The average Bonchev–Trinajstić information content (AvgIpc) is 2.47. The van der Waals surface area contributed by atoms with Crippen LogP contribution in [0.25, 0.3) is 0 Å². The lowest BCUT2D eigenvalue weighted by atomic mass is 10.00. The van der Waals surface area contributed by atoms with E-state index in [9.17, 15) is 0 Å². The molecule has 5 heteroatoms. The number of benzene rings is 1. The molecule has 0 aliphatic rings. The van der Waals surface area contributed by atoms with Gasteiger partial charge in [-0.2, -0.15) is 0 Å². The molecule has 1 aromatic rings. The Kier molecular flexibility index (Phi) is 6.45. The van der Waals surface area contributed by atoms with E-state index in [0.717, 1.165) is 30.6 Å². The van der Waals surface area contributed by atoms with Crippen LogP contribution in [0.1, 0.15) is 37.8 Å². The van der Waals surface area contributed by atoms with Gasteiger partial charge in [-0.05, 0) is 12.5 Å². The number of hydrazine groups is 1. The molecule has 1 atom stereocenters. The van der Waals surface area contributed by atoms with E-state index in [1.807, 2.05) is 12.1 Å². The van der Waals surface area contributed by atoms with Crippen molar-refractivity contribution in [1.29, 1.82) is 0 Å². The second-order valence-electron chi connectivity index (χ2n) is 4.31. The summed E-state index contributed by atoms with van der Waals surface area (Å²) in [5.74, 6) is 7.72. The van der Waals surface area contributed by atoms with Crippen molar-refractivity contribution >= 4 is 0 Å². The molecular weight excluding hydrogens is 244 g/mol. The monoisotopic (exact) mass is 268 g/mol. The van der Waals surface area contributed by atoms with Crippen LogP contribution in [0, 0.1) is 0 Å². The van der Waals surface area contributed by atoms with Crippen molar-refractivity contribution in [2.24, 2.45) is 5.84 Å². The average molecular weight is 268 g/mol. The molecule has 1 unspecified atom stereocenters. The summed E-state index contributed by atoms with van der Waals surface area (Å²) in [5, 5.41) is 0. The van der Waals surface area contributed by atoms with Gasteiger partial charge in [0.1, 0.15) is 5.75 Å². The van der Waals surface area contributed by atoms with E-state index < -0.39 is 0 Å². The SMILES string of the molecule is CCCCC(NN)c1cc(OC)c(OC)cc1OC. The Labute approximate surface area is 115 Å². The quantitative estimate of drug-likeness (QED) is 0.560. The highest BCUT2D eigenvalue weighted by Gasteiger charge is 2.18. The minimum Gasteiger partial charge on any atom is -0.496 e. The molecule has 1 rings (SSSR count). The van der Waals surface area contributed by atoms with Gasteiger partial charge in [0.05, 0.1) is 21.3 Å². The third-order valence-electron chi connectivity index (χ3n) is 3.16. The van der Waals surface area contributed by atoms with Crippen LogP contribution in [0.3, 0.4) is 0 Å². The number of hydrogen-bond acceptors (Lipinski definition) is 5. The molecule has 0 radical (unpaired) electrons. The summed E-state index contributed by atoms with van der Waals surface area (Å²) < 4.78 is 16.0. The number of methoxy groups -OCH3 is 3. The zero-order valence-electron chi connectivity index (χ0n) is 12.2. The van der Waals surface area contributed by atoms with Crippen molar-refractivity contribution in [3.8, 4) is 17.2 Å². The number of unbranched alkanes of at least 4 members (excludes halogenated alkanes) is 1. The smallest absolute Gasteiger partial charge is 0.164 e. The minimum absolute atomic E-state index is 0.0368. The van der Waals surface area contributed by atoms with E-state index in [1.54, 1.807) is 21.3 Å². The number of rotatable bonds is 8. The van der Waals surface area contributed by atoms with Crippen molar-refractivity contribution in [3.05, 3.63) is 17.7 Å². The molecule has 0 bridgehead atoms. The third-order valence-corrected chi connectivity index (χ3v) is 3.16. The summed E-state index contributed by atoms with van der Waals surface area (Å²) >= 11 is 0. The van der Waals surface area contributed by atoms with Crippen LogP contribution in [0.2, 0.25) is 0 Å². The molecule has 0 saturated carbocycles. The molecular formula is C14H24N2O3. The Morgan fingerprint density at radius 1 is 1.05 bits per heavy atom. The van der Waals surface area contributed by atoms with E-state index in [0.29, 0.717) is 11.5 Å². The Morgan fingerprint density at radius 2 is 1.63 bits per heavy atom. The van der Waals surface area contributed by atoms with Crippen molar-refractivity contribution < 1.29 is 14.2 Å². The highest BCUT2D eigenvalue weighted by molar-refractivity contribution is 5.51. The van der Waals surface area contributed by atoms with Gasteiger partial charge in [0.25, 0.3) is 0 Å². The van der Waals surface area contributed by atoms with Crippen molar-refractivity contribution in [3.63, 3.8) is 0 Å². The van der Waals surface area contributed by atoms with E-state index in [-0.39, 0.29) is 6.04 Å². The molecule has 19 heavy (non-hydrogen) atoms. The first-order chi connectivity index (χ1) is 9.21. The van der Waals surface area contributed by atoms with E-state index >= 15 is 0 Å². The van der Waals surface area contributed by atoms with Crippen LogP contribution in [0.15, 0.2) is 12.1 Å². The van der Waals surface area contributed by atoms with Crippen molar-refractivity contribution in [1.82, 2.24) is 5.43 Å². The molecule has 1 aromatic carbocycles. The normalized spacial score (nSPS) is 12.1. The first kappa shape index (κ1) is 15.6. The van der Waals surface area contributed by atoms with Crippen LogP contribution in [-0.4, -0.2) is 21.3 Å². The topological polar surface area (TPSA) is 65.7 Å². The van der Waals surface area contributed by atoms with E-state index in [2.05, 4.69) is 12.3 Å². The molecule has 108 valence electrons. The summed E-state index contributed by atoms with van der Waals surface area (Å²) in [6, 6.07) is 3.78. The van der Waals surface area contributed by atoms with Crippen LogP contribution in [0.5, 0.6) is 17.2 Å². The van der Waals surface area contributed by atoms with Gasteiger partial charge in [0.2, 0.25) is 0 Å². The van der Waals surface area contributed by atoms with Crippen LogP contribution in [-0.2, 0) is 0 Å².